The third-order valence-corrected chi connectivity index (χ3v) is 3.09. The normalized spacial score (nSPS) is 10.7. The standard InChI is InChI=1S/C14H10ClN3O2/c15-11-6-4-10(5-7-11)13-17-20-14(19)18(13)9-12-3-1-2-8-16-12/h1-8H,9H2. The van der Waals surface area contributed by atoms with Crippen molar-refractivity contribution < 1.29 is 4.52 Å². The molecule has 0 spiro atoms. The van der Waals surface area contributed by atoms with Crippen LogP contribution in [0.3, 0.4) is 0 Å². The molecule has 0 saturated carbocycles. The van der Waals surface area contributed by atoms with Gasteiger partial charge >= 0.3 is 5.76 Å². The van der Waals surface area contributed by atoms with Crippen molar-refractivity contribution >= 4 is 11.6 Å². The lowest BCUT2D eigenvalue weighted by Gasteiger charge is -2.04. The fraction of sp³-hybridized carbons (Fsp3) is 0.0714. The van der Waals surface area contributed by atoms with Crippen LogP contribution in [0, 0.1) is 0 Å². The molecule has 2 heterocycles. The second-order valence-corrected chi connectivity index (χ2v) is 4.62. The third kappa shape index (κ3) is 2.48. The smallest absolute Gasteiger partial charge is 0.295 e. The van der Waals surface area contributed by atoms with Crippen molar-refractivity contribution in [2.24, 2.45) is 0 Å². The molecule has 0 atom stereocenters. The summed E-state index contributed by atoms with van der Waals surface area (Å²) in [6.45, 7) is 0.307. The average molecular weight is 288 g/mol. The lowest BCUT2D eigenvalue weighted by atomic mass is 10.2. The number of rotatable bonds is 3. The van der Waals surface area contributed by atoms with Gasteiger partial charge in [-0.1, -0.05) is 22.8 Å². The van der Waals surface area contributed by atoms with Gasteiger partial charge in [0.05, 0.1) is 12.2 Å². The van der Waals surface area contributed by atoms with E-state index in [9.17, 15) is 4.79 Å². The Hall–Kier alpha value is -2.40. The van der Waals surface area contributed by atoms with E-state index in [0.29, 0.717) is 17.4 Å². The van der Waals surface area contributed by atoms with E-state index in [1.807, 2.05) is 18.2 Å². The molecule has 0 bridgehead atoms. The number of aromatic nitrogens is 3. The number of hydrogen-bond acceptors (Lipinski definition) is 4. The lowest BCUT2D eigenvalue weighted by Crippen LogP contribution is -2.16. The summed E-state index contributed by atoms with van der Waals surface area (Å²) in [6, 6.07) is 12.6. The number of halogens is 1. The topological polar surface area (TPSA) is 60.9 Å². The van der Waals surface area contributed by atoms with Gasteiger partial charge < -0.3 is 0 Å². The Morgan fingerprint density at radius 3 is 2.65 bits per heavy atom. The Labute approximate surface area is 119 Å². The van der Waals surface area contributed by atoms with E-state index >= 15 is 0 Å². The highest BCUT2D eigenvalue weighted by molar-refractivity contribution is 6.30. The van der Waals surface area contributed by atoms with Crippen molar-refractivity contribution in [2.75, 3.05) is 0 Å². The largest absolute Gasteiger partial charge is 0.442 e. The van der Waals surface area contributed by atoms with Gasteiger partial charge in [0.1, 0.15) is 0 Å². The molecule has 0 saturated heterocycles. The van der Waals surface area contributed by atoms with Gasteiger partial charge in [-0.15, -0.1) is 0 Å². The first-order valence-corrected chi connectivity index (χ1v) is 6.34. The van der Waals surface area contributed by atoms with Crippen LogP contribution in [0.4, 0.5) is 0 Å². The highest BCUT2D eigenvalue weighted by atomic mass is 35.5. The minimum Gasteiger partial charge on any atom is -0.295 e. The monoisotopic (exact) mass is 287 g/mol. The Balaban J connectivity index is 2.01. The zero-order valence-electron chi connectivity index (χ0n) is 10.4. The minimum atomic E-state index is -0.513. The van der Waals surface area contributed by atoms with Crippen LogP contribution in [0.25, 0.3) is 11.4 Å². The summed E-state index contributed by atoms with van der Waals surface area (Å²) in [5.74, 6) is -0.0575. The van der Waals surface area contributed by atoms with E-state index in [-0.39, 0.29) is 0 Å². The van der Waals surface area contributed by atoms with E-state index in [1.54, 1.807) is 30.5 Å². The van der Waals surface area contributed by atoms with Crippen molar-refractivity contribution in [3.05, 3.63) is 69.9 Å². The second-order valence-electron chi connectivity index (χ2n) is 4.19. The Bertz CT molecular complexity index is 763. The van der Waals surface area contributed by atoms with Crippen LogP contribution < -0.4 is 5.76 Å². The third-order valence-electron chi connectivity index (χ3n) is 2.83. The first-order valence-electron chi connectivity index (χ1n) is 5.96. The van der Waals surface area contributed by atoms with Gasteiger partial charge in [-0.3, -0.25) is 14.1 Å². The molecule has 0 aliphatic rings. The predicted molar refractivity (Wildman–Crippen MR) is 74.5 cm³/mol. The number of hydrogen-bond donors (Lipinski definition) is 0. The first-order chi connectivity index (χ1) is 9.74. The van der Waals surface area contributed by atoms with Crippen LogP contribution in [-0.2, 0) is 6.54 Å². The van der Waals surface area contributed by atoms with Gasteiger partial charge in [0.25, 0.3) is 0 Å². The fourth-order valence-corrected chi connectivity index (χ4v) is 1.99. The lowest BCUT2D eigenvalue weighted by molar-refractivity contribution is 0.378. The first kappa shape index (κ1) is 12.6. The number of nitrogens with zero attached hydrogens (tertiary/aromatic N) is 3. The van der Waals surface area contributed by atoms with Crippen LogP contribution in [0.1, 0.15) is 5.69 Å². The van der Waals surface area contributed by atoms with Crippen molar-refractivity contribution in [3.63, 3.8) is 0 Å². The molecule has 0 aliphatic carbocycles. The van der Waals surface area contributed by atoms with Gasteiger partial charge in [-0.2, -0.15) is 0 Å². The maximum Gasteiger partial charge on any atom is 0.442 e. The Morgan fingerprint density at radius 1 is 1.15 bits per heavy atom. The van der Waals surface area contributed by atoms with E-state index in [0.717, 1.165) is 11.3 Å². The summed E-state index contributed by atoms with van der Waals surface area (Å²) in [5, 5.41) is 4.44. The van der Waals surface area contributed by atoms with Gasteiger partial charge in [-0.05, 0) is 36.4 Å². The van der Waals surface area contributed by atoms with Gasteiger partial charge in [0.2, 0.25) is 0 Å². The van der Waals surface area contributed by atoms with Gasteiger partial charge in [0, 0.05) is 16.8 Å². The highest BCUT2D eigenvalue weighted by Crippen LogP contribution is 2.19. The van der Waals surface area contributed by atoms with Crippen LogP contribution >= 0.6 is 11.6 Å². The summed E-state index contributed by atoms with van der Waals surface area (Å²) >= 11 is 5.85. The molecular formula is C14H10ClN3O2. The highest BCUT2D eigenvalue weighted by Gasteiger charge is 2.13. The number of benzene rings is 1. The SMILES string of the molecule is O=c1onc(-c2ccc(Cl)cc2)n1Cc1ccccn1. The molecule has 6 heteroatoms. The quantitative estimate of drug-likeness (QED) is 0.743. The molecule has 100 valence electrons. The van der Waals surface area contributed by atoms with Crippen molar-refractivity contribution in [1.29, 1.82) is 0 Å². The summed E-state index contributed by atoms with van der Waals surface area (Å²) in [7, 11) is 0. The molecule has 0 aliphatic heterocycles. The number of pyridine rings is 1. The molecule has 0 fully saturated rings. The zero-order chi connectivity index (χ0) is 13.9. The molecule has 0 N–H and O–H groups in total. The fourth-order valence-electron chi connectivity index (χ4n) is 1.87. The maximum atomic E-state index is 11.8. The van der Waals surface area contributed by atoms with Crippen molar-refractivity contribution in [2.45, 2.75) is 6.54 Å². The molecule has 0 radical (unpaired) electrons. The van der Waals surface area contributed by atoms with Crippen molar-refractivity contribution in [3.8, 4) is 11.4 Å². The molecule has 5 nitrogen and oxygen atoms in total. The summed E-state index contributed by atoms with van der Waals surface area (Å²) in [6.07, 6.45) is 1.68. The molecule has 0 amide bonds. The molecule has 0 unspecified atom stereocenters. The van der Waals surface area contributed by atoms with E-state index < -0.39 is 5.76 Å². The molecular weight excluding hydrogens is 278 g/mol. The van der Waals surface area contributed by atoms with Gasteiger partial charge in [0.15, 0.2) is 5.82 Å². The van der Waals surface area contributed by atoms with Gasteiger partial charge in [-0.25, -0.2) is 4.79 Å². The van der Waals surface area contributed by atoms with Crippen LogP contribution in [0.15, 0.2) is 58.0 Å². The van der Waals surface area contributed by atoms with Crippen LogP contribution in [0.5, 0.6) is 0 Å². The molecule has 3 aromatic rings. The van der Waals surface area contributed by atoms with Crippen LogP contribution in [0.2, 0.25) is 5.02 Å². The zero-order valence-corrected chi connectivity index (χ0v) is 11.1. The average Bonchev–Trinajstić information content (AvgIpc) is 2.83. The summed E-state index contributed by atoms with van der Waals surface area (Å²) in [4.78, 5) is 16.0. The summed E-state index contributed by atoms with van der Waals surface area (Å²) in [5.41, 5.74) is 1.52. The molecule has 3 rings (SSSR count). The molecule has 1 aromatic carbocycles. The molecule has 2 aromatic heterocycles. The Morgan fingerprint density at radius 2 is 1.95 bits per heavy atom. The molecule has 20 heavy (non-hydrogen) atoms. The van der Waals surface area contributed by atoms with E-state index in [2.05, 4.69) is 10.1 Å². The van der Waals surface area contributed by atoms with Crippen molar-refractivity contribution in [1.82, 2.24) is 14.7 Å². The predicted octanol–water partition coefficient (Wildman–Crippen LogP) is 2.60. The van der Waals surface area contributed by atoms with Crippen LogP contribution in [-0.4, -0.2) is 14.7 Å². The second kappa shape index (κ2) is 5.30. The van der Waals surface area contributed by atoms with E-state index in [4.69, 9.17) is 16.1 Å². The van der Waals surface area contributed by atoms with E-state index in [1.165, 1.54) is 4.57 Å². The Kier molecular flexibility index (Phi) is 3.35. The maximum absolute atomic E-state index is 11.8. The summed E-state index contributed by atoms with van der Waals surface area (Å²) < 4.78 is 6.19. The minimum absolute atomic E-state index is 0.307.